The molecule has 154 valence electrons. The number of hydrogen-bond acceptors (Lipinski definition) is 5. The van der Waals surface area contributed by atoms with E-state index in [4.69, 9.17) is 9.15 Å². The Morgan fingerprint density at radius 3 is 2.37 bits per heavy atom. The third-order valence-electron chi connectivity index (χ3n) is 4.43. The first kappa shape index (κ1) is 20.9. The summed E-state index contributed by atoms with van der Waals surface area (Å²) in [5.41, 5.74) is 1.89. The van der Waals surface area contributed by atoms with Crippen LogP contribution in [0.2, 0.25) is 0 Å². The molecule has 0 radical (unpaired) electrons. The largest absolute Gasteiger partial charge is 0.459 e. The fraction of sp³-hybridized carbons (Fsp3) is 0.174. The molecular formula is C23H22N2O5. The smallest absolute Gasteiger partial charge is 0.338 e. The van der Waals surface area contributed by atoms with Crippen molar-refractivity contribution in [3.05, 3.63) is 89.9 Å². The third kappa shape index (κ3) is 5.81. The van der Waals surface area contributed by atoms with Crippen LogP contribution in [-0.2, 0) is 9.53 Å². The van der Waals surface area contributed by atoms with Crippen LogP contribution in [0.5, 0.6) is 0 Å². The van der Waals surface area contributed by atoms with E-state index >= 15 is 0 Å². The number of carbonyl (C=O) groups is 3. The number of anilines is 1. The Kier molecular flexibility index (Phi) is 7.00. The Balaban J connectivity index is 1.43. The summed E-state index contributed by atoms with van der Waals surface area (Å²) < 4.78 is 10.1. The van der Waals surface area contributed by atoms with Crippen LogP contribution in [0.4, 0.5) is 5.69 Å². The number of nitrogens with one attached hydrogen (secondary N) is 2. The van der Waals surface area contributed by atoms with Gasteiger partial charge in [0, 0.05) is 12.2 Å². The van der Waals surface area contributed by atoms with E-state index in [2.05, 4.69) is 10.6 Å². The number of rotatable bonds is 8. The summed E-state index contributed by atoms with van der Waals surface area (Å²) in [6, 6.07) is 19.2. The van der Waals surface area contributed by atoms with Crippen molar-refractivity contribution in [2.75, 3.05) is 18.5 Å². The minimum atomic E-state index is -0.620. The number of ether oxygens (including phenoxy) is 1. The fourth-order valence-corrected chi connectivity index (χ4v) is 2.72. The van der Waals surface area contributed by atoms with E-state index in [0.29, 0.717) is 12.2 Å². The van der Waals surface area contributed by atoms with Crippen LogP contribution >= 0.6 is 0 Å². The molecule has 2 amide bonds. The van der Waals surface area contributed by atoms with Crippen LogP contribution in [0.15, 0.2) is 77.4 Å². The Morgan fingerprint density at radius 2 is 1.70 bits per heavy atom. The van der Waals surface area contributed by atoms with Crippen LogP contribution in [0.1, 0.15) is 39.3 Å². The summed E-state index contributed by atoms with van der Waals surface area (Å²) in [6.45, 7) is 2.09. The monoisotopic (exact) mass is 406 g/mol. The van der Waals surface area contributed by atoms with Crippen LogP contribution in [0.3, 0.4) is 0 Å². The molecule has 0 fully saturated rings. The molecule has 2 N–H and O–H groups in total. The molecule has 0 aliphatic carbocycles. The molecule has 0 saturated carbocycles. The quantitative estimate of drug-likeness (QED) is 0.557. The molecule has 7 nitrogen and oxygen atoms in total. The second-order valence-corrected chi connectivity index (χ2v) is 6.70. The predicted molar refractivity (Wildman–Crippen MR) is 111 cm³/mol. The zero-order valence-corrected chi connectivity index (χ0v) is 16.5. The number of esters is 1. The standard InChI is InChI=1S/C23H22N2O5/c1-16(17-6-3-2-4-7-17)14-24-21(26)15-30-23(28)18-9-11-19(12-10-18)25-22(27)20-8-5-13-29-20/h2-13,16H,14-15H2,1H3,(H,24,26)(H,25,27)/t16-/m0/s1. The first-order chi connectivity index (χ1) is 14.5. The van der Waals surface area contributed by atoms with Crippen molar-refractivity contribution in [1.82, 2.24) is 5.32 Å². The molecule has 3 aromatic rings. The maximum Gasteiger partial charge on any atom is 0.338 e. The summed E-state index contributed by atoms with van der Waals surface area (Å²) in [4.78, 5) is 36.0. The molecule has 2 aromatic carbocycles. The highest BCUT2D eigenvalue weighted by Gasteiger charge is 2.13. The molecule has 1 heterocycles. The van der Waals surface area contributed by atoms with Crippen LogP contribution in [0.25, 0.3) is 0 Å². The lowest BCUT2D eigenvalue weighted by Gasteiger charge is -2.13. The van der Waals surface area contributed by atoms with E-state index in [9.17, 15) is 14.4 Å². The minimum absolute atomic E-state index is 0.148. The van der Waals surface area contributed by atoms with Gasteiger partial charge in [-0.05, 0) is 47.9 Å². The molecule has 0 unspecified atom stereocenters. The molecule has 0 saturated heterocycles. The average Bonchev–Trinajstić information content (AvgIpc) is 3.32. The Hall–Kier alpha value is -3.87. The van der Waals surface area contributed by atoms with Gasteiger partial charge in [0.15, 0.2) is 12.4 Å². The third-order valence-corrected chi connectivity index (χ3v) is 4.43. The van der Waals surface area contributed by atoms with Crippen molar-refractivity contribution in [3.63, 3.8) is 0 Å². The highest BCUT2D eigenvalue weighted by atomic mass is 16.5. The number of furan rings is 1. The van der Waals surface area contributed by atoms with E-state index in [0.717, 1.165) is 5.56 Å². The molecule has 3 rings (SSSR count). The number of benzene rings is 2. The van der Waals surface area contributed by atoms with Crippen molar-refractivity contribution in [3.8, 4) is 0 Å². The molecule has 1 aromatic heterocycles. The summed E-state index contributed by atoms with van der Waals surface area (Å²) in [5, 5.41) is 5.41. The number of carbonyl (C=O) groups excluding carboxylic acids is 3. The fourth-order valence-electron chi connectivity index (χ4n) is 2.72. The summed E-state index contributed by atoms with van der Waals surface area (Å²) in [6.07, 6.45) is 1.41. The molecule has 1 atom stereocenters. The molecular weight excluding hydrogens is 384 g/mol. The van der Waals surface area contributed by atoms with Crippen LogP contribution < -0.4 is 10.6 Å². The lowest BCUT2D eigenvalue weighted by molar-refractivity contribution is -0.124. The van der Waals surface area contributed by atoms with E-state index < -0.39 is 11.9 Å². The molecule has 30 heavy (non-hydrogen) atoms. The number of amides is 2. The van der Waals surface area contributed by atoms with Gasteiger partial charge in [-0.1, -0.05) is 37.3 Å². The number of hydrogen-bond donors (Lipinski definition) is 2. The van der Waals surface area contributed by atoms with E-state index in [-0.39, 0.29) is 29.8 Å². The Labute approximate surface area is 174 Å². The van der Waals surface area contributed by atoms with Gasteiger partial charge in [-0.2, -0.15) is 0 Å². The SMILES string of the molecule is C[C@@H](CNC(=O)COC(=O)c1ccc(NC(=O)c2ccco2)cc1)c1ccccc1. The van der Waals surface area contributed by atoms with Crippen molar-refractivity contribution in [2.45, 2.75) is 12.8 Å². The maximum absolute atomic E-state index is 12.1. The second-order valence-electron chi connectivity index (χ2n) is 6.70. The van der Waals surface area contributed by atoms with Crippen molar-refractivity contribution < 1.29 is 23.5 Å². The first-order valence-corrected chi connectivity index (χ1v) is 9.46. The minimum Gasteiger partial charge on any atom is -0.459 e. The van der Waals surface area contributed by atoms with Gasteiger partial charge >= 0.3 is 5.97 Å². The lowest BCUT2D eigenvalue weighted by Crippen LogP contribution is -2.31. The highest BCUT2D eigenvalue weighted by molar-refractivity contribution is 6.02. The average molecular weight is 406 g/mol. The highest BCUT2D eigenvalue weighted by Crippen LogP contribution is 2.14. The zero-order chi connectivity index (χ0) is 21.3. The molecule has 0 aliphatic rings. The van der Waals surface area contributed by atoms with E-state index in [1.807, 2.05) is 37.3 Å². The van der Waals surface area contributed by atoms with Crippen molar-refractivity contribution in [2.24, 2.45) is 0 Å². The molecule has 0 bridgehead atoms. The summed E-state index contributed by atoms with van der Waals surface area (Å²) in [5.74, 6) is -1.05. The van der Waals surface area contributed by atoms with Crippen molar-refractivity contribution in [1.29, 1.82) is 0 Å². The van der Waals surface area contributed by atoms with Gasteiger partial charge in [0.05, 0.1) is 11.8 Å². The Bertz CT molecular complexity index is 982. The van der Waals surface area contributed by atoms with Gasteiger partial charge in [0.2, 0.25) is 0 Å². The van der Waals surface area contributed by atoms with Gasteiger partial charge < -0.3 is 19.8 Å². The molecule has 7 heteroatoms. The van der Waals surface area contributed by atoms with Gasteiger partial charge in [0.25, 0.3) is 11.8 Å². The van der Waals surface area contributed by atoms with Crippen LogP contribution in [0, 0.1) is 0 Å². The van der Waals surface area contributed by atoms with E-state index in [1.54, 1.807) is 24.3 Å². The topological polar surface area (TPSA) is 97.6 Å². The zero-order valence-electron chi connectivity index (χ0n) is 16.5. The van der Waals surface area contributed by atoms with E-state index in [1.165, 1.54) is 18.4 Å². The lowest BCUT2D eigenvalue weighted by atomic mass is 10.0. The first-order valence-electron chi connectivity index (χ1n) is 9.46. The van der Waals surface area contributed by atoms with Gasteiger partial charge in [-0.15, -0.1) is 0 Å². The molecule has 0 aliphatic heterocycles. The summed E-state index contributed by atoms with van der Waals surface area (Å²) in [7, 11) is 0. The van der Waals surface area contributed by atoms with Gasteiger partial charge in [0.1, 0.15) is 0 Å². The summed E-state index contributed by atoms with van der Waals surface area (Å²) >= 11 is 0. The molecule has 0 spiro atoms. The van der Waals surface area contributed by atoms with Crippen LogP contribution in [-0.4, -0.2) is 30.9 Å². The predicted octanol–water partition coefficient (Wildman–Crippen LogP) is 3.61. The van der Waals surface area contributed by atoms with Gasteiger partial charge in [-0.25, -0.2) is 4.79 Å². The Morgan fingerprint density at radius 1 is 0.967 bits per heavy atom. The van der Waals surface area contributed by atoms with Gasteiger partial charge in [-0.3, -0.25) is 9.59 Å². The second kappa shape index (κ2) is 10.1. The normalized spacial score (nSPS) is 11.4. The van der Waals surface area contributed by atoms with Crippen molar-refractivity contribution >= 4 is 23.5 Å². The maximum atomic E-state index is 12.1.